The maximum absolute atomic E-state index is 13.6. The number of hydrogen-bond acceptors (Lipinski definition) is 2. The van der Waals surface area contributed by atoms with Crippen molar-refractivity contribution in [3.63, 3.8) is 0 Å². The third kappa shape index (κ3) is 2.98. The van der Waals surface area contributed by atoms with Gasteiger partial charge in [0.1, 0.15) is 11.4 Å². The lowest BCUT2D eigenvalue weighted by atomic mass is 10.1. The Balaban J connectivity index is 1.86. The van der Waals surface area contributed by atoms with E-state index in [-0.39, 0.29) is 11.5 Å². The summed E-state index contributed by atoms with van der Waals surface area (Å²) in [4.78, 5) is 11.1. The second-order valence-electron chi connectivity index (χ2n) is 5.59. The molecule has 2 aromatic carbocycles. The zero-order valence-corrected chi connectivity index (χ0v) is 12.9. The van der Waals surface area contributed by atoms with E-state index in [0.717, 1.165) is 11.5 Å². The minimum Gasteiger partial charge on any atom is -0.338 e. The van der Waals surface area contributed by atoms with Gasteiger partial charge in [0.2, 0.25) is 0 Å². The van der Waals surface area contributed by atoms with Gasteiger partial charge in [-0.05, 0) is 30.3 Å². The SMILES string of the molecule is FC(F)(F)/C(=C\c1ccc2ccccc2n1)c1nc2ccccc2[nH]1. The van der Waals surface area contributed by atoms with E-state index in [1.807, 2.05) is 12.1 Å². The number of halogens is 3. The lowest BCUT2D eigenvalue weighted by Crippen LogP contribution is -2.12. The second kappa shape index (κ2) is 5.73. The van der Waals surface area contributed by atoms with Crippen LogP contribution in [0.15, 0.2) is 60.7 Å². The molecular formula is C19H12F3N3. The Morgan fingerprint density at radius 3 is 2.32 bits per heavy atom. The molecule has 0 fully saturated rings. The average Bonchev–Trinajstić information content (AvgIpc) is 3.02. The summed E-state index contributed by atoms with van der Waals surface area (Å²) in [7, 11) is 0. The molecule has 0 atom stereocenters. The van der Waals surface area contributed by atoms with Crippen molar-refractivity contribution in [2.75, 3.05) is 0 Å². The first-order valence-electron chi connectivity index (χ1n) is 7.60. The predicted octanol–water partition coefficient (Wildman–Crippen LogP) is 5.21. The standard InChI is InChI=1S/C19H12F3N3/c20-19(21,22)14(18-24-16-7-3-4-8-17(16)25-18)11-13-10-9-12-5-1-2-6-15(12)23-13/h1-11H,(H,24,25)/b14-11-. The van der Waals surface area contributed by atoms with E-state index in [9.17, 15) is 13.2 Å². The van der Waals surface area contributed by atoms with E-state index in [0.29, 0.717) is 16.6 Å². The number of nitrogens with zero attached hydrogens (tertiary/aromatic N) is 2. The van der Waals surface area contributed by atoms with Crippen LogP contribution in [0.25, 0.3) is 33.6 Å². The first-order valence-corrected chi connectivity index (χ1v) is 7.60. The van der Waals surface area contributed by atoms with Gasteiger partial charge in [-0.1, -0.05) is 36.4 Å². The van der Waals surface area contributed by atoms with Crippen molar-refractivity contribution >= 4 is 33.6 Å². The van der Waals surface area contributed by atoms with Crippen LogP contribution in [-0.4, -0.2) is 21.1 Å². The van der Waals surface area contributed by atoms with Crippen LogP contribution >= 0.6 is 0 Å². The molecule has 0 aliphatic rings. The van der Waals surface area contributed by atoms with Crippen molar-refractivity contribution in [2.24, 2.45) is 0 Å². The first-order chi connectivity index (χ1) is 12.0. The van der Waals surface area contributed by atoms with Gasteiger partial charge >= 0.3 is 6.18 Å². The van der Waals surface area contributed by atoms with Gasteiger partial charge < -0.3 is 4.98 Å². The van der Waals surface area contributed by atoms with E-state index < -0.39 is 11.7 Å². The number of para-hydroxylation sites is 3. The number of benzene rings is 2. The van der Waals surface area contributed by atoms with Crippen molar-refractivity contribution in [1.82, 2.24) is 15.0 Å². The summed E-state index contributed by atoms with van der Waals surface area (Å²) in [6.07, 6.45) is -3.54. The smallest absolute Gasteiger partial charge is 0.338 e. The van der Waals surface area contributed by atoms with Crippen molar-refractivity contribution in [3.05, 3.63) is 72.2 Å². The number of pyridine rings is 1. The highest BCUT2D eigenvalue weighted by Crippen LogP contribution is 2.34. The molecular weight excluding hydrogens is 327 g/mol. The lowest BCUT2D eigenvalue weighted by molar-refractivity contribution is -0.0687. The third-order valence-corrected chi connectivity index (χ3v) is 3.86. The number of allylic oxidation sites excluding steroid dienone is 1. The minimum atomic E-state index is -4.55. The van der Waals surface area contributed by atoms with Crippen LogP contribution in [0, 0.1) is 0 Å². The van der Waals surface area contributed by atoms with Gasteiger partial charge in [0, 0.05) is 5.39 Å². The van der Waals surface area contributed by atoms with Crippen LogP contribution in [0.4, 0.5) is 13.2 Å². The maximum Gasteiger partial charge on any atom is 0.420 e. The van der Waals surface area contributed by atoms with Crippen LogP contribution in [0.5, 0.6) is 0 Å². The zero-order chi connectivity index (χ0) is 17.4. The number of imidazole rings is 1. The quantitative estimate of drug-likeness (QED) is 0.544. The van der Waals surface area contributed by atoms with Crippen LogP contribution in [-0.2, 0) is 0 Å². The maximum atomic E-state index is 13.6. The zero-order valence-electron chi connectivity index (χ0n) is 12.9. The number of fused-ring (bicyclic) bond motifs is 2. The summed E-state index contributed by atoms with van der Waals surface area (Å²) in [6.45, 7) is 0. The van der Waals surface area contributed by atoms with Crippen molar-refractivity contribution < 1.29 is 13.2 Å². The number of hydrogen-bond donors (Lipinski definition) is 1. The molecule has 124 valence electrons. The largest absolute Gasteiger partial charge is 0.420 e. The number of aromatic amines is 1. The molecule has 0 aliphatic heterocycles. The molecule has 4 rings (SSSR count). The Bertz CT molecular complexity index is 1060. The van der Waals surface area contributed by atoms with Gasteiger partial charge in [-0.2, -0.15) is 13.2 Å². The van der Waals surface area contributed by atoms with Gasteiger partial charge in [0.15, 0.2) is 0 Å². The molecule has 0 unspecified atom stereocenters. The fourth-order valence-corrected chi connectivity index (χ4v) is 2.67. The Morgan fingerprint density at radius 1 is 0.840 bits per heavy atom. The Hall–Kier alpha value is -3.15. The molecule has 0 radical (unpaired) electrons. The van der Waals surface area contributed by atoms with E-state index in [2.05, 4.69) is 15.0 Å². The van der Waals surface area contributed by atoms with E-state index in [1.54, 1.807) is 48.5 Å². The molecule has 0 saturated heterocycles. The molecule has 1 N–H and O–H groups in total. The highest BCUT2D eigenvalue weighted by Gasteiger charge is 2.36. The summed E-state index contributed by atoms with van der Waals surface area (Å²) in [6, 6.07) is 17.4. The van der Waals surface area contributed by atoms with E-state index >= 15 is 0 Å². The fraction of sp³-hybridized carbons (Fsp3) is 0.0526. The first kappa shape index (κ1) is 15.4. The van der Waals surface area contributed by atoms with E-state index in [1.165, 1.54) is 0 Å². The van der Waals surface area contributed by atoms with Gasteiger partial charge in [-0.15, -0.1) is 0 Å². The molecule has 0 aliphatic carbocycles. The summed E-state index contributed by atoms with van der Waals surface area (Å²) >= 11 is 0. The second-order valence-corrected chi connectivity index (χ2v) is 5.59. The van der Waals surface area contributed by atoms with Crippen molar-refractivity contribution in [1.29, 1.82) is 0 Å². The molecule has 25 heavy (non-hydrogen) atoms. The summed E-state index contributed by atoms with van der Waals surface area (Å²) in [5.41, 5.74) is 1.05. The van der Waals surface area contributed by atoms with Gasteiger partial charge in [-0.3, -0.25) is 0 Å². The molecule has 0 bridgehead atoms. The van der Waals surface area contributed by atoms with E-state index in [4.69, 9.17) is 0 Å². The average molecular weight is 339 g/mol. The number of nitrogens with one attached hydrogen (secondary N) is 1. The minimum absolute atomic E-state index is 0.219. The van der Waals surface area contributed by atoms with Gasteiger partial charge in [0.05, 0.1) is 22.2 Å². The monoisotopic (exact) mass is 339 g/mol. The van der Waals surface area contributed by atoms with Crippen LogP contribution < -0.4 is 0 Å². The predicted molar refractivity (Wildman–Crippen MR) is 91.8 cm³/mol. The summed E-state index contributed by atoms with van der Waals surface area (Å²) in [5.74, 6) is -0.219. The molecule has 0 saturated carbocycles. The topological polar surface area (TPSA) is 41.6 Å². The summed E-state index contributed by atoms with van der Waals surface area (Å²) < 4.78 is 40.7. The molecule has 4 aromatic rings. The molecule has 0 spiro atoms. The number of aromatic nitrogens is 3. The molecule has 6 heteroatoms. The van der Waals surface area contributed by atoms with Gasteiger partial charge in [-0.25, -0.2) is 9.97 Å². The molecule has 3 nitrogen and oxygen atoms in total. The molecule has 0 amide bonds. The fourth-order valence-electron chi connectivity index (χ4n) is 2.67. The van der Waals surface area contributed by atoms with Crippen molar-refractivity contribution in [3.8, 4) is 0 Å². The number of alkyl halides is 3. The highest BCUT2D eigenvalue weighted by molar-refractivity contribution is 5.87. The highest BCUT2D eigenvalue weighted by atomic mass is 19.4. The Kier molecular flexibility index (Phi) is 3.53. The molecule has 2 aromatic heterocycles. The summed E-state index contributed by atoms with van der Waals surface area (Å²) in [5, 5.41) is 0.872. The Labute approximate surface area is 140 Å². The van der Waals surface area contributed by atoms with Gasteiger partial charge in [0.25, 0.3) is 0 Å². The van der Waals surface area contributed by atoms with Crippen LogP contribution in [0.3, 0.4) is 0 Å². The normalized spacial score (nSPS) is 12.8. The van der Waals surface area contributed by atoms with Crippen molar-refractivity contribution in [2.45, 2.75) is 6.18 Å². The van der Waals surface area contributed by atoms with Crippen LogP contribution in [0.2, 0.25) is 0 Å². The third-order valence-electron chi connectivity index (χ3n) is 3.86. The number of rotatable bonds is 2. The molecule has 2 heterocycles. The Morgan fingerprint density at radius 2 is 1.56 bits per heavy atom. The lowest BCUT2D eigenvalue weighted by Gasteiger charge is -2.09. The number of H-pyrrole nitrogens is 1. The van der Waals surface area contributed by atoms with Crippen LogP contribution in [0.1, 0.15) is 11.5 Å².